The highest BCUT2D eigenvalue weighted by Gasteiger charge is 2.23. The van der Waals surface area contributed by atoms with Crippen LogP contribution in [0.1, 0.15) is 80.6 Å². The van der Waals surface area contributed by atoms with Crippen LogP contribution in [0.3, 0.4) is 0 Å². The fourth-order valence-electron chi connectivity index (χ4n) is 7.48. The first-order valence-electron chi connectivity index (χ1n) is 21.0. The number of hydrogen-bond donors (Lipinski definition) is 0. The SMILES string of the molecule is C/C=C\C=C/C.C=C/C=C(\C=C)C(/C=C(\N=C)n1c(/C=C\C)c(/C=C(\C)c2ccc3c(c2)CC(/C=C\C)=C(C=C)N3C=C)c2c(C=C)c(/C=C\C)ccc21)=NCc1ccccc1. The monoisotopic (exact) mass is 814 g/mol. The molecule has 0 saturated carbocycles. The molecule has 0 fully saturated rings. The van der Waals surface area contributed by atoms with E-state index < -0.39 is 0 Å². The van der Waals surface area contributed by atoms with Gasteiger partial charge in [-0.05, 0) is 129 Å². The van der Waals surface area contributed by atoms with E-state index in [9.17, 15) is 0 Å². The topological polar surface area (TPSA) is 32.9 Å². The highest BCUT2D eigenvalue weighted by Crippen LogP contribution is 2.40. The van der Waals surface area contributed by atoms with E-state index in [-0.39, 0.29) is 0 Å². The molecule has 0 spiro atoms. The maximum atomic E-state index is 5.07. The molecule has 4 nitrogen and oxygen atoms in total. The quantitative estimate of drug-likeness (QED) is 0.0772. The highest BCUT2D eigenvalue weighted by atomic mass is 15.1. The van der Waals surface area contributed by atoms with E-state index in [4.69, 9.17) is 4.99 Å². The summed E-state index contributed by atoms with van der Waals surface area (Å²) < 4.78 is 2.17. The van der Waals surface area contributed by atoms with Crippen LogP contribution in [0.4, 0.5) is 5.69 Å². The molecule has 2 heterocycles. The molecule has 62 heavy (non-hydrogen) atoms. The highest BCUT2D eigenvalue weighted by molar-refractivity contribution is 6.14. The molecule has 0 aliphatic carbocycles. The minimum absolute atomic E-state index is 0.486. The Kier molecular flexibility index (Phi) is 18.4. The number of rotatable bonds is 17. The number of hydrogen-bond acceptors (Lipinski definition) is 3. The largest absolute Gasteiger partial charge is 0.317 e. The first-order chi connectivity index (χ1) is 30.2. The molecule has 4 heteroatoms. The zero-order valence-electron chi connectivity index (χ0n) is 37.6. The lowest BCUT2D eigenvalue weighted by atomic mass is 9.91. The van der Waals surface area contributed by atoms with Crippen molar-refractivity contribution in [2.75, 3.05) is 4.90 Å². The average molecular weight is 815 g/mol. The van der Waals surface area contributed by atoms with Crippen molar-refractivity contribution in [2.45, 2.75) is 54.5 Å². The third-order valence-corrected chi connectivity index (χ3v) is 10.3. The zero-order chi connectivity index (χ0) is 45.0. The van der Waals surface area contributed by atoms with E-state index in [0.29, 0.717) is 12.4 Å². The van der Waals surface area contributed by atoms with E-state index in [1.165, 1.54) is 11.1 Å². The summed E-state index contributed by atoms with van der Waals surface area (Å²) in [5, 5.41) is 1.07. The van der Waals surface area contributed by atoms with E-state index in [0.717, 1.165) is 79.1 Å². The van der Waals surface area contributed by atoms with Crippen molar-refractivity contribution in [1.29, 1.82) is 0 Å². The van der Waals surface area contributed by atoms with E-state index in [1.807, 2.05) is 108 Å². The Balaban J connectivity index is 0.00000131. The second-order valence-corrected chi connectivity index (χ2v) is 14.3. The first kappa shape index (κ1) is 47.4. The molecule has 0 atom stereocenters. The summed E-state index contributed by atoms with van der Waals surface area (Å²) in [4.78, 5) is 11.9. The number of anilines is 1. The van der Waals surface area contributed by atoms with Crippen LogP contribution in [-0.4, -0.2) is 17.0 Å². The van der Waals surface area contributed by atoms with Gasteiger partial charge in [0.1, 0.15) is 5.82 Å². The summed E-state index contributed by atoms with van der Waals surface area (Å²) in [5.41, 5.74) is 14.6. The van der Waals surface area contributed by atoms with Crippen LogP contribution < -0.4 is 4.90 Å². The van der Waals surface area contributed by atoms with Crippen LogP contribution in [0.25, 0.3) is 46.6 Å². The van der Waals surface area contributed by atoms with Gasteiger partial charge in [-0.3, -0.25) is 9.56 Å². The molecular weight excluding hydrogens is 753 g/mol. The Hall–Kier alpha value is -7.30. The molecule has 0 bridgehead atoms. The normalized spacial score (nSPS) is 14.0. The van der Waals surface area contributed by atoms with E-state index in [1.54, 1.807) is 12.2 Å². The molecule has 3 aromatic carbocycles. The minimum Gasteiger partial charge on any atom is -0.317 e. The van der Waals surface area contributed by atoms with Gasteiger partial charge in [-0.1, -0.05) is 154 Å². The van der Waals surface area contributed by atoms with Gasteiger partial charge < -0.3 is 4.90 Å². The lowest BCUT2D eigenvalue weighted by molar-refractivity contribution is 1.04. The first-order valence-corrected chi connectivity index (χ1v) is 21.0. The van der Waals surface area contributed by atoms with Crippen molar-refractivity contribution in [3.63, 3.8) is 0 Å². The number of aromatic nitrogens is 1. The summed E-state index contributed by atoms with van der Waals surface area (Å²) in [5.74, 6) is 0.623. The van der Waals surface area contributed by atoms with Gasteiger partial charge in [-0.15, -0.1) is 0 Å². The summed E-state index contributed by atoms with van der Waals surface area (Å²) >= 11 is 0. The molecule has 5 rings (SSSR count). The van der Waals surface area contributed by atoms with Gasteiger partial charge in [0.15, 0.2) is 0 Å². The molecule has 0 N–H and O–H groups in total. The molecule has 0 radical (unpaired) electrons. The van der Waals surface area contributed by atoms with Crippen molar-refractivity contribution in [1.82, 2.24) is 4.57 Å². The lowest BCUT2D eigenvalue weighted by Crippen LogP contribution is -2.21. The van der Waals surface area contributed by atoms with Crippen LogP contribution in [0.15, 0.2) is 206 Å². The van der Waals surface area contributed by atoms with Crippen LogP contribution >= 0.6 is 0 Å². The van der Waals surface area contributed by atoms with Crippen molar-refractivity contribution in [2.24, 2.45) is 9.98 Å². The summed E-state index contributed by atoms with van der Waals surface area (Å²) in [7, 11) is 0. The smallest absolute Gasteiger partial charge is 0.138 e. The Morgan fingerprint density at radius 3 is 2.06 bits per heavy atom. The van der Waals surface area contributed by atoms with Crippen LogP contribution in [0, 0.1) is 0 Å². The van der Waals surface area contributed by atoms with Crippen molar-refractivity contribution in [3.8, 4) is 0 Å². The van der Waals surface area contributed by atoms with Crippen LogP contribution in [-0.2, 0) is 13.0 Å². The fraction of sp³-hybridized carbons (Fsp3) is 0.138. The number of nitrogens with zero attached hydrogens (tertiary/aromatic N) is 4. The number of fused-ring (bicyclic) bond motifs is 2. The second-order valence-electron chi connectivity index (χ2n) is 14.3. The maximum absolute atomic E-state index is 5.07. The molecule has 1 aromatic heterocycles. The summed E-state index contributed by atoms with van der Waals surface area (Å²) in [6.45, 7) is 37.4. The third kappa shape index (κ3) is 11.1. The zero-order valence-corrected chi connectivity index (χ0v) is 37.6. The van der Waals surface area contributed by atoms with Gasteiger partial charge in [-0.25, -0.2) is 4.99 Å². The lowest BCUT2D eigenvalue weighted by Gasteiger charge is -2.31. The molecule has 0 unspecified atom stereocenters. The predicted octanol–water partition coefficient (Wildman–Crippen LogP) is 16.0. The third-order valence-electron chi connectivity index (χ3n) is 10.3. The van der Waals surface area contributed by atoms with Crippen molar-refractivity contribution >= 4 is 64.7 Å². The van der Waals surface area contributed by atoms with Crippen LogP contribution in [0.2, 0.25) is 0 Å². The van der Waals surface area contributed by atoms with E-state index >= 15 is 0 Å². The Morgan fingerprint density at radius 2 is 1.48 bits per heavy atom. The second kappa shape index (κ2) is 24.1. The number of aliphatic imine (C=N–C) groups is 2. The fourth-order valence-corrected chi connectivity index (χ4v) is 7.48. The minimum atomic E-state index is 0.486. The summed E-state index contributed by atoms with van der Waals surface area (Å²) in [6.07, 6.45) is 36.8. The maximum Gasteiger partial charge on any atom is 0.138 e. The Labute approximate surface area is 371 Å². The summed E-state index contributed by atoms with van der Waals surface area (Å²) in [6, 6.07) is 21.1. The van der Waals surface area contributed by atoms with E-state index in [2.05, 4.69) is 146 Å². The Morgan fingerprint density at radius 1 is 0.774 bits per heavy atom. The molecule has 314 valence electrons. The molecule has 0 amide bonds. The van der Waals surface area contributed by atoms with Gasteiger partial charge in [0.05, 0.1) is 23.5 Å². The van der Waals surface area contributed by atoms with Gasteiger partial charge in [0.2, 0.25) is 0 Å². The number of benzene rings is 3. The predicted molar refractivity (Wildman–Crippen MR) is 279 cm³/mol. The molecule has 1 aliphatic heterocycles. The van der Waals surface area contributed by atoms with Gasteiger partial charge in [0.25, 0.3) is 0 Å². The van der Waals surface area contributed by atoms with Gasteiger partial charge in [0, 0.05) is 41.0 Å². The van der Waals surface area contributed by atoms with Crippen molar-refractivity contribution < 1.29 is 0 Å². The molecule has 1 aliphatic rings. The average Bonchev–Trinajstić information content (AvgIpc) is 3.59. The van der Waals surface area contributed by atoms with Gasteiger partial charge >= 0.3 is 0 Å². The molecular formula is C58H62N4. The van der Waals surface area contributed by atoms with Gasteiger partial charge in [-0.2, -0.15) is 0 Å². The standard InChI is InChI=1S/C52H52N4.C6H10/c1-11-22-39(15-5)46(54-36-38-26-20-19-21-27-38)35-51(53-10)56-49(25-14-4)45(52-44(16-6)40(23-12-2)28-31-50(52)56)32-37(9)41-29-30-48-43(33-41)34-42(24-13-3)47(17-7)55(48)18-8;1-3-5-6-4-2/h11-33,35H,1,5-8,10,34,36H2,2-4,9H3;3-6H,1-2H3/b23-12-,24-13-,25-14-,37-32+,39-22+,51-35+,54-46?;5-3-,6-4-. The molecule has 0 saturated heterocycles. The van der Waals surface area contributed by atoms with Crippen molar-refractivity contribution in [3.05, 3.63) is 235 Å². The van der Waals surface area contributed by atoms with Crippen LogP contribution in [0.5, 0.6) is 0 Å². The number of allylic oxidation sites excluding steroid dienone is 16. The molecule has 4 aromatic rings. The Bertz CT molecular complexity index is 2610.